The zero-order chi connectivity index (χ0) is 14.4. The molecule has 0 aliphatic heterocycles. The van der Waals surface area contributed by atoms with Crippen molar-refractivity contribution in [2.75, 3.05) is 13.2 Å². The zero-order valence-corrected chi connectivity index (χ0v) is 12.6. The van der Waals surface area contributed by atoms with E-state index in [1.54, 1.807) is 0 Å². The summed E-state index contributed by atoms with van der Waals surface area (Å²) in [6, 6.07) is 7.35. The molecule has 1 aromatic carbocycles. The minimum absolute atomic E-state index is 0.0309. The third kappa shape index (κ3) is 5.59. The molecule has 1 atom stereocenters. The van der Waals surface area contributed by atoms with Gasteiger partial charge in [-0.3, -0.25) is 0 Å². The third-order valence-corrected chi connectivity index (χ3v) is 3.66. The maximum absolute atomic E-state index is 13.0. The number of nitrogens with one attached hydrogen (secondary N) is 1. The number of rotatable bonds is 9. The highest BCUT2D eigenvalue weighted by atomic mass is 19.1. The quantitative estimate of drug-likeness (QED) is 0.688. The van der Waals surface area contributed by atoms with Gasteiger partial charge in [0.1, 0.15) is 5.82 Å². The van der Waals surface area contributed by atoms with Crippen LogP contribution in [-0.2, 0) is 4.74 Å². The molecule has 1 saturated carbocycles. The molecule has 20 heavy (non-hydrogen) atoms. The van der Waals surface area contributed by atoms with E-state index in [1.807, 2.05) is 12.1 Å². The Hall–Kier alpha value is -0.930. The molecule has 2 rings (SSSR count). The first-order valence-electron chi connectivity index (χ1n) is 7.75. The maximum Gasteiger partial charge on any atom is 0.123 e. The second-order valence-corrected chi connectivity index (χ2v) is 6.13. The van der Waals surface area contributed by atoms with Crippen molar-refractivity contribution in [1.29, 1.82) is 0 Å². The molecule has 2 nitrogen and oxygen atoms in total. The van der Waals surface area contributed by atoms with Crippen LogP contribution in [0.4, 0.5) is 4.39 Å². The second kappa shape index (κ2) is 7.75. The van der Waals surface area contributed by atoms with Crippen molar-refractivity contribution in [1.82, 2.24) is 5.32 Å². The summed E-state index contributed by atoms with van der Waals surface area (Å²) in [6.45, 7) is 6.04. The third-order valence-electron chi connectivity index (χ3n) is 3.66. The molecule has 1 aliphatic rings. The van der Waals surface area contributed by atoms with E-state index in [2.05, 4.69) is 19.2 Å². The van der Waals surface area contributed by atoms with Crippen LogP contribution >= 0.6 is 0 Å². The fourth-order valence-corrected chi connectivity index (χ4v) is 2.23. The lowest BCUT2D eigenvalue weighted by atomic mass is 10.1. The highest BCUT2D eigenvalue weighted by Gasteiger charge is 2.22. The lowest BCUT2D eigenvalue weighted by molar-refractivity contribution is 0.0484. The minimum atomic E-state index is -0.192. The Morgan fingerprint density at radius 3 is 2.55 bits per heavy atom. The molecule has 1 N–H and O–H groups in total. The molecule has 0 amide bonds. The summed E-state index contributed by atoms with van der Waals surface area (Å²) in [5, 5.41) is 3.50. The van der Waals surface area contributed by atoms with Gasteiger partial charge in [-0.2, -0.15) is 0 Å². The van der Waals surface area contributed by atoms with E-state index in [4.69, 9.17) is 4.74 Å². The molecule has 0 bridgehead atoms. The molecule has 0 saturated heterocycles. The SMILES string of the molecule is CC(C)CCCOC(CNC1CC1)c1ccc(F)cc1. The first-order chi connectivity index (χ1) is 9.65. The Labute approximate surface area is 121 Å². The summed E-state index contributed by atoms with van der Waals surface area (Å²) in [6.07, 6.45) is 4.83. The first-order valence-corrected chi connectivity index (χ1v) is 7.75. The molecule has 112 valence electrons. The van der Waals surface area contributed by atoms with Crippen LogP contribution in [0.1, 0.15) is 51.2 Å². The van der Waals surface area contributed by atoms with Crippen LogP contribution < -0.4 is 5.32 Å². The van der Waals surface area contributed by atoms with Crippen molar-refractivity contribution >= 4 is 0 Å². The monoisotopic (exact) mass is 279 g/mol. The van der Waals surface area contributed by atoms with Crippen LogP contribution in [0.3, 0.4) is 0 Å². The maximum atomic E-state index is 13.0. The first kappa shape index (κ1) is 15.5. The van der Waals surface area contributed by atoms with E-state index in [0.29, 0.717) is 12.0 Å². The Kier molecular flexibility index (Phi) is 5.99. The van der Waals surface area contributed by atoms with Crippen molar-refractivity contribution < 1.29 is 9.13 Å². The molecule has 1 fully saturated rings. The van der Waals surface area contributed by atoms with E-state index in [0.717, 1.165) is 25.1 Å². The van der Waals surface area contributed by atoms with Crippen LogP contribution in [0.5, 0.6) is 0 Å². The van der Waals surface area contributed by atoms with Crippen LogP contribution in [0.2, 0.25) is 0 Å². The standard InChI is InChI=1S/C17H26FNO/c1-13(2)4-3-11-20-17(12-19-16-9-10-16)14-5-7-15(18)8-6-14/h5-8,13,16-17,19H,3-4,9-12H2,1-2H3. The predicted molar refractivity (Wildman–Crippen MR) is 80.2 cm³/mol. The number of benzene rings is 1. The molecule has 0 heterocycles. The van der Waals surface area contributed by atoms with Crippen molar-refractivity contribution in [3.8, 4) is 0 Å². The second-order valence-electron chi connectivity index (χ2n) is 6.13. The van der Waals surface area contributed by atoms with Crippen molar-refractivity contribution in [2.24, 2.45) is 5.92 Å². The molecule has 1 unspecified atom stereocenters. The summed E-state index contributed by atoms with van der Waals surface area (Å²) >= 11 is 0. The average molecular weight is 279 g/mol. The highest BCUT2D eigenvalue weighted by Crippen LogP contribution is 2.22. The van der Waals surface area contributed by atoms with Gasteiger partial charge in [-0.1, -0.05) is 26.0 Å². The van der Waals surface area contributed by atoms with E-state index >= 15 is 0 Å². The highest BCUT2D eigenvalue weighted by molar-refractivity contribution is 5.19. The van der Waals surface area contributed by atoms with Crippen molar-refractivity contribution in [3.05, 3.63) is 35.6 Å². The predicted octanol–water partition coefficient (Wildman–Crippen LogP) is 4.07. The number of hydrogen-bond donors (Lipinski definition) is 1. The molecule has 0 aromatic heterocycles. The van der Waals surface area contributed by atoms with Gasteiger partial charge >= 0.3 is 0 Å². The van der Waals surface area contributed by atoms with Gasteiger partial charge in [-0.25, -0.2) is 4.39 Å². The van der Waals surface area contributed by atoms with Gasteiger partial charge in [0.05, 0.1) is 6.10 Å². The topological polar surface area (TPSA) is 21.3 Å². The molecule has 3 heteroatoms. The normalized spacial score (nSPS) is 16.6. The summed E-state index contributed by atoms with van der Waals surface area (Å²) in [7, 11) is 0. The Balaban J connectivity index is 1.83. The van der Waals surface area contributed by atoms with Crippen LogP contribution in [0.15, 0.2) is 24.3 Å². The fourth-order valence-electron chi connectivity index (χ4n) is 2.23. The fraction of sp³-hybridized carbons (Fsp3) is 0.647. The summed E-state index contributed by atoms with van der Waals surface area (Å²) in [4.78, 5) is 0. The molecule has 0 radical (unpaired) electrons. The summed E-state index contributed by atoms with van der Waals surface area (Å²) in [5.41, 5.74) is 1.06. The molecular formula is C17H26FNO. The van der Waals surface area contributed by atoms with Gasteiger partial charge in [0.2, 0.25) is 0 Å². The van der Waals surface area contributed by atoms with E-state index in [1.165, 1.54) is 31.4 Å². The van der Waals surface area contributed by atoms with Gasteiger partial charge in [-0.05, 0) is 49.3 Å². The van der Waals surface area contributed by atoms with Gasteiger partial charge in [-0.15, -0.1) is 0 Å². The summed E-state index contributed by atoms with van der Waals surface area (Å²) < 4.78 is 19.0. The zero-order valence-electron chi connectivity index (χ0n) is 12.6. The van der Waals surface area contributed by atoms with Crippen molar-refractivity contribution in [2.45, 2.75) is 51.7 Å². The number of hydrogen-bond acceptors (Lipinski definition) is 2. The number of ether oxygens (including phenoxy) is 1. The van der Waals surface area contributed by atoms with Gasteiger partial charge in [0, 0.05) is 19.2 Å². The molecule has 1 aliphatic carbocycles. The Morgan fingerprint density at radius 1 is 1.25 bits per heavy atom. The lowest BCUT2D eigenvalue weighted by Gasteiger charge is -2.19. The molecule has 1 aromatic rings. The van der Waals surface area contributed by atoms with Crippen LogP contribution in [0, 0.1) is 11.7 Å². The number of halogens is 1. The average Bonchev–Trinajstić information content (AvgIpc) is 3.23. The lowest BCUT2D eigenvalue weighted by Crippen LogP contribution is -2.25. The van der Waals surface area contributed by atoms with Crippen molar-refractivity contribution in [3.63, 3.8) is 0 Å². The van der Waals surface area contributed by atoms with Crippen LogP contribution in [0.25, 0.3) is 0 Å². The Bertz CT molecular complexity index is 386. The summed E-state index contributed by atoms with van der Waals surface area (Å²) in [5.74, 6) is 0.523. The van der Waals surface area contributed by atoms with E-state index < -0.39 is 0 Å². The minimum Gasteiger partial charge on any atom is -0.372 e. The molecule has 0 spiro atoms. The molecular weight excluding hydrogens is 253 g/mol. The van der Waals surface area contributed by atoms with Gasteiger partial charge in [0.25, 0.3) is 0 Å². The van der Waals surface area contributed by atoms with Gasteiger partial charge in [0.15, 0.2) is 0 Å². The largest absolute Gasteiger partial charge is 0.372 e. The van der Waals surface area contributed by atoms with Gasteiger partial charge < -0.3 is 10.1 Å². The van der Waals surface area contributed by atoms with Crippen LogP contribution in [-0.4, -0.2) is 19.2 Å². The van der Waals surface area contributed by atoms with E-state index in [9.17, 15) is 4.39 Å². The Morgan fingerprint density at radius 2 is 1.95 bits per heavy atom. The smallest absolute Gasteiger partial charge is 0.123 e. The van der Waals surface area contributed by atoms with E-state index in [-0.39, 0.29) is 11.9 Å².